The number of aromatic nitrogens is 2. The van der Waals surface area contributed by atoms with Crippen LogP contribution in [0.15, 0.2) is 59.7 Å². The summed E-state index contributed by atoms with van der Waals surface area (Å²) in [5.74, 6) is 0. The third-order valence-corrected chi connectivity index (χ3v) is 6.24. The number of hydrogen-bond acceptors (Lipinski definition) is 4. The van der Waals surface area contributed by atoms with Crippen molar-refractivity contribution < 1.29 is 9.53 Å². The highest BCUT2D eigenvalue weighted by Crippen LogP contribution is 2.38. The van der Waals surface area contributed by atoms with E-state index in [0.717, 1.165) is 24.0 Å². The minimum Gasteiger partial charge on any atom is -0.444 e. The molecule has 1 amide bonds. The van der Waals surface area contributed by atoms with Crippen LogP contribution in [-0.2, 0) is 10.2 Å². The van der Waals surface area contributed by atoms with Crippen LogP contribution >= 0.6 is 11.6 Å². The fourth-order valence-corrected chi connectivity index (χ4v) is 4.32. The average molecular weight is 466 g/mol. The number of allylic oxidation sites excluding steroid dienone is 1. The molecule has 1 N–H and O–H groups in total. The van der Waals surface area contributed by atoms with Gasteiger partial charge in [0.2, 0.25) is 0 Å². The number of halogens is 1. The number of piperidine rings is 1. The molecule has 7 heteroatoms. The van der Waals surface area contributed by atoms with Gasteiger partial charge in [0.25, 0.3) is 5.56 Å². The molecule has 2 heterocycles. The maximum Gasteiger partial charge on any atom is 0.410 e. The Balaban J connectivity index is 1.62. The van der Waals surface area contributed by atoms with Gasteiger partial charge in [0.15, 0.2) is 0 Å². The number of likely N-dealkylation sites (tertiary alicyclic amines) is 1. The molecule has 0 radical (unpaired) electrons. The first-order chi connectivity index (χ1) is 15.7. The summed E-state index contributed by atoms with van der Waals surface area (Å²) in [6.45, 7) is 6.82. The highest BCUT2D eigenvalue weighted by molar-refractivity contribution is 6.30. The third kappa shape index (κ3) is 5.28. The van der Waals surface area contributed by atoms with Crippen molar-refractivity contribution in [3.05, 3.63) is 81.4 Å². The number of carbonyl (C=O) groups is 1. The lowest BCUT2D eigenvalue weighted by molar-refractivity contribution is 0.0183. The Bertz CT molecular complexity index is 1230. The number of aromatic amines is 1. The molecule has 4 rings (SSSR count). The minimum absolute atomic E-state index is 0.150. The SMILES string of the molecule is CC(C)(C)OC(=O)N1CCC(/C=C/c2ccc3c(=O)[nH]cnc3c2)(c2ccc(Cl)cc2)CC1. The Morgan fingerprint density at radius 3 is 2.52 bits per heavy atom. The molecule has 0 aliphatic carbocycles. The lowest BCUT2D eigenvalue weighted by Gasteiger charge is -2.41. The lowest BCUT2D eigenvalue weighted by Crippen LogP contribution is -2.46. The fourth-order valence-electron chi connectivity index (χ4n) is 4.19. The molecule has 1 aromatic heterocycles. The smallest absolute Gasteiger partial charge is 0.410 e. The molecule has 0 spiro atoms. The van der Waals surface area contributed by atoms with Crippen LogP contribution in [0.4, 0.5) is 4.79 Å². The van der Waals surface area contributed by atoms with E-state index >= 15 is 0 Å². The largest absolute Gasteiger partial charge is 0.444 e. The highest BCUT2D eigenvalue weighted by atomic mass is 35.5. The van der Waals surface area contributed by atoms with E-state index in [0.29, 0.717) is 29.0 Å². The second kappa shape index (κ2) is 9.02. The van der Waals surface area contributed by atoms with Crippen molar-refractivity contribution in [2.24, 2.45) is 0 Å². The van der Waals surface area contributed by atoms with Gasteiger partial charge in [0.1, 0.15) is 5.60 Å². The zero-order chi connectivity index (χ0) is 23.6. The molecule has 3 aromatic rings. The number of fused-ring (bicyclic) bond motifs is 1. The van der Waals surface area contributed by atoms with Crippen molar-refractivity contribution in [2.45, 2.75) is 44.6 Å². The van der Waals surface area contributed by atoms with Gasteiger partial charge in [-0.2, -0.15) is 0 Å². The van der Waals surface area contributed by atoms with Gasteiger partial charge in [0.05, 0.1) is 17.2 Å². The summed E-state index contributed by atoms with van der Waals surface area (Å²) in [4.78, 5) is 33.2. The Hall–Kier alpha value is -3.12. The molecule has 1 aliphatic heterocycles. The van der Waals surface area contributed by atoms with Crippen LogP contribution in [0.5, 0.6) is 0 Å². The fraction of sp³-hybridized carbons (Fsp3) is 0.346. The maximum atomic E-state index is 12.6. The van der Waals surface area contributed by atoms with Crippen molar-refractivity contribution >= 4 is 34.7 Å². The molecule has 33 heavy (non-hydrogen) atoms. The first-order valence-electron chi connectivity index (χ1n) is 11.1. The molecular formula is C26H28ClN3O3. The molecule has 0 saturated carbocycles. The van der Waals surface area contributed by atoms with Crippen molar-refractivity contribution in [1.82, 2.24) is 14.9 Å². The molecule has 0 bridgehead atoms. The summed E-state index contributed by atoms with van der Waals surface area (Å²) in [6.07, 6.45) is 6.93. The van der Waals surface area contributed by atoms with Crippen LogP contribution in [0, 0.1) is 0 Å². The van der Waals surface area contributed by atoms with E-state index in [1.165, 1.54) is 6.33 Å². The highest BCUT2D eigenvalue weighted by Gasteiger charge is 2.36. The number of rotatable bonds is 3. The minimum atomic E-state index is -0.520. The van der Waals surface area contributed by atoms with E-state index in [1.54, 1.807) is 11.0 Å². The van der Waals surface area contributed by atoms with Crippen molar-refractivity contribution in [2.75, 3.05) is 13.1 Å². The maximum absolute atomic E-state index is 12.6. The van der Waals surface area contributed by atoms with Gasteiger partial charge in [-0.15, -0.1) is 0 Å². The van der Waals surface area contributed by atoms with E-state index in [1.807, 2.05) is 45.0 Å². The van der Waals surface area contributed by atoms with E-state index in [4.69, 9.17) is 16.3 Å². The summed E-state index contributed by atoms with van der Waals surface area (Å²) in [5, 5.41) is 1.25. The molecule has 0 unspecified atom stereocenters. The Labute approximate surface area is 198 Å². The number of H-pyrrole nitrogens is 1. The van der Waals surface area contributed by atoms with Gasteiger partial charge in [-0.05, 0) is 69.0 Å². The van der Waals surface area contributed by atoms with Crippen LogP contribution < -0.4 is 5.56 Å². The zero-order valence-corrected chi connectivity index (χ0v) is 19.9. The van der Waals surface area contributed by atoms with Crippen molar-refractivity contribution in [3.8, 4) is 0 Å². The lowest BCUT2D eigenvalue weighted by atomic mass is 9.72. The average Bonchev–Trinajstić information content (AvgIpc) is 2.77. The topological polar surface area (TPSA) is 75.3 Å². The Morgan fingerprint density at radius 2 is 1.85 bits per heavy atom. The molecule has 1 aliphatic rings. The summed E-state index contributed by atoms with van der Waals surface area (Å²) in [5.41, 5.74) is 1.85. The summed E-state index contributed by atoms with van der Waals surface area (Å²) >= 11 is 6.14. The predicted octanol–water partition coefficient (Wildman–Crippen LogP) is 5.56. The zero-order valence-electron chi connectivity index (χ0n) is 19.1. The number of nitrogens with zero attached hydrogens (tertiary/aromatic N) is 2. The first-order valence-corrected chi connectivity index (χ1v) is 11.4. The van der Waals surface area contributed by atoms with Crippen LogP contribution in [0.2, 0.25) is 5.02 Å². The van der Waals surface area contributed by atoms with Crippen LogP contribution in [0.1, 0.15) is 44.7 Å². The molecule has 2 aromatic carbocycles. The molecule has 172 valence electrons. The van der Waals surface area contributed by atoms with E-state index in [2.05, 4.69) is 34.3 Å². The second-order valence-corrected chi connectivity index (χ2v) is 9.91. The predicted molar refractivity (Wildman–Crippen MR) is 132 cm³/mol. The van der Waals surface area contributed by atoms with Gasteiger partial charge in [0, 0.05) is 23.5 Å². The molecular weight excluding hydrogens is 438 g/mol. The van der Waals surface area contributed by atoms with Crippen LogP contribution in [0.25, 0.3) is 17.0 Å². The van der Waals surface area contributed by atoms with Gasteiger partial charge in [-0.3, -0.25) is 4.79 Å². The normalized spacial score (nSPS) is 16.3. The summed E-state index contributed by atoms with van der Waals surface area (Å²) < 4.78 is 5.56. The number of amides is 1. The van der Waals surface area contributed by atoms with Gasteiger partial charge in [-0.25, -0.2) is 9.78 Å². The Kier molecular flexibility index (Phi) is 6.30. The van der Waals surface area contributed by atoms with E-state index in [9.17, 15) is 9.59 Å². The first kappa shape index (κ1) is 23.1. The number of ether oxygens (including phenoxy) is 1. The van der Waals surface area contributed by atoms with E-state index < -0.39 is 5.60 Å². The molecule has 1 saturated heterocycles. The molecule has 6 nitrogen and oxygen atoms in total. The standard InChI is InChI=1S/C26H28ClN3O3/c1-25(2,3)33-24(32)30-14-12-26(13-15-30,19-5-7-20(27)8-6-19)11-10-18-4-9-21-22(16-18)28-17-29-23(21)31/h4-11,16-17H,12-15H2,1-3H3,(H,28,29,31)/b11-10+. The molecule has 1 fully saturated rings. The van der Waals surface area contributed by atoms with Gasteiger partial charge >= 0.3 is 6.09 Å². The van der Waals surface area contributed by atoms with Crippen LogP contribution in [-0.4, -0.2) is 39.7 Å². The quantitative estimate of drug-likeness (QED) is 0.549. The van der Waals surface area contributed by atoms with Crippen molar-refractivity contribution in [1.29, 1.82) is 0 Å². The monoisotopic (exact) mass is 465 g/mol. The van der Waals surface area contributed by atoms with Crippen LogP contribution in [0.3, 0.4) is 0 Å². The van der Waals surface area contributed by atoms with Gasteiger partial charge < -0.3 is 14.6 Å². The Morgan fingerprint density at radius 1 is 1.15 bits per heavy atom. The summed E-state index contributed by atoms with van der Waals surface area (Å²) in [7, 11) is 0. The van der Waals surface area contributed by atoms with Gasteiger partial charge in [-0.1, -0.05) is 42.0 Å². The van der Waals surface area contributed by atoms with Crippen molar-refractivity contribution in [3.63, 3.8) is 0 Å². The third-order valence-electron chi connectivity index (χ3n) is 5.99. The number of hydrogen-bond donors (Lipinski definition) is 1. The molecule has 0 atom stereocenters. The number of nitrogens with one attached hydrogen (secondary N) is 1. The number of carbonyl (C=O) groups excluding carboxylic acids is 1. The number of benzene rings is 2. The summed E-state index contributed by atoms with van der Waals surface area (Å²) in [6, 6.07) is 13.5. The van der Waals surface area contributed by atoms with E-state index in [-0.39, 0.29) is 17.1 Å². The second-order valence-electron chi connectivity index (χ2n) is 9.47.